The molecular weight excluding hydrogens is 478 g/mol. The first-order valence-corrected chi connectivity index (χ1v) is 11.1. The number of methoxy groups -OCH3 is 1. The Morgan fingerprint density at radius 1 is 1.17 bits per heavy atom. The fourth-order valence-electron chi connectivity index (χ4n) is 4.67. The van der Waals surface area contributed by atoms with Crippen molar-refractivity contribution in [1.82, 2.24) is 14.5 Å². The van der Waals surface area contributed by atoms with Crippen LogP contribution in [-0.4, -0.2) is 27.6 Å². The van der Waals surface area contributed by atoms with Gasteiger partial charge in [-0.1, -0.05) is 6.07 Å². The van der Waals surface area contributed by atoms with Crippen LogP contribution in [-0.2, 0) is 30.2 Å². The molecule has 0 unspecified atom stereocenters. The highest BCUT2D eigenvalue weighted by molar-refractivity contribution is 5.93. The smallest absolute Gasteiger partial charge is 0.416 e. The Labute approximate surface area is 202 Å². The van der Waals surface area contributed by atoms with Gasteiger partial charge in [-0.3, -0.25) is 4.79 Å². The fraction of sp³-hybridized carbons (Fsp3) is 0.240. The number of nitrogens with one attached hydrogen (secondary N) is 1. The van der Waals surface area contributed by atoms with Crippen molar-refractivity contribution in [3.05, 3.63) is 70.9 Å². The first-order chi connectivity index (χ1) is 17.2. The molecule has 0 saturated heterocycles. The van der Waals surface area contributed by atoms with Gasteiger partial charge in [-0.05, 0) is 49.1 Å². The van der Waals surface area contributed by atoms with Crippen LogP contribution < -0.4 is 15.8 Å². The molecule has 186 valence electrons. The van der Waals surface area contributed by atoms with E-state index >= 15 is 0 Å². The van der Waals surface area contributed by atoms with E-state index in [1.54, 1.807) is 18.2 Å². The number of ether oxygens (including phenoxy) is 1. The van der Waals surface area contributed by atoms with E-state index in [0.29, 0.717) is 40.8 Å². The largest absolute Gasteiger partial charge is 0.496 e. The van der Waals surface area contributed by atoms with E-state index in [-0.39, 0.29) is 6.42 Å². The quantitative estimate of drug-likeness (QED) is 0.383. The van der Waals surface area contributed by atoms with Crippen molar-refractivity contribution in [2.24, 2.45) is 0 Å². The number of carbonyl (C=O) groups is 1. The Morgan fingerprint density at radius 2 is 1.97 bits per heavy atom. The highest BCUT2D eigenvalue weighted by Crippen LogP contribution is 2.37. The Morgan fingerprint density at radius 3 is 2.72 bits per heavy atom. The van der Waals surface area contributed by atoms with Gasteiger partial charge in [0.1, 0.15) is 23.4 Å². The lowest BCUT2D eigenvalue weighted by Crippen LogP contribution is -2.17. The summed E-state index contributed by atoms with van der Waals surface area (Å²) in [5.41, 5.74) is 9.53. The van der Waals surface area contributed by atoms with E-state index in [1.807, 2.05) is 4.57 Å². The van der Waals surface area contributed by atoms with E-state index in [2.05, 4.69) is 15.3 Å². The predicted molar refractivity (Wildman–Crippen MR) is 126 cm³/mol. The maximum atomic E-state index is 14.1. The summed E-state index contributed by atoms with van der Waals surface area (Å²) in [6.07, 6.45) is -0.739. The zero-order valence-corrected chi connectivity index (χ0v) is 19.1. The average molecular weight is 499 g/mol. The summed E-state index contributed by atoms with van der Waals surface area (Å²) in [6, 6.07) is 7.08. The minimum Gasteiger partial charge on any atom is -0.496 e. The number of amides is 1. The SMILES string of the molecule is COc1cc(-n2c3c(c4ncnc(N)c42)CCC3)ccc1CC(=O)Nc1cc(C(F)(F)F)ccc1F. The number of aromatic nitrogens is 3. The third kappa shape index (κ3) is 4.10. The molecule has 5 rings (SSSR count). The lowest BCUT2D eigenvalue weighted by Gasteiger charge is -2.15. The van der Waals surface area contributed by atoms with Crippen LogP contribution in [0.1, 0.15) is 28.8 Å². The van der Waals surface area contributed by atoms with Crippen molar-refractivity contribution in [3.8, 4) is 11.4 Å². The molecule has 2 aromatic carbocycles. The van der Waals surface area contributed by atoms with E-state index in [1.165, 1.54) is 13.4 Å². The summed E-state index contributed by atoms with van der Waals surface area (Å²) in [7, 11) is 1.45. The predicted octanol–water partition coefficient (Wildman–Crippen LogP) is 4.84. The molecule has 2 aromatic heterocycles. The Balaban J connectivity index is 1.45. The number of nitrogen functional groups attached to an aromatic ring is 1. The van der Waals surface area contributed by atoms with E-state index in [4.69, 9.17) is 10.5 Å². The molecule has 0 fully saturated rings. The molecule has 1 amide bonds. The summed E-state index contributed by atoms with van der Waals surface area (Å²) in [6.45, 7) is 0. The van der Waals surface area contributed by atoms with Crippen LogP contribution in [0.5, 0.6) is 5.75 Å². The maximum absolute atomic E-state index is 14.1. The lowest BCUT2D eigenvalue weighted by atomic mass is 10.1. The number of hydrogen-bond acceptors (Lipinski definition) is 5. The monoisotopic (exact) mass is 499 g/mol. The number of rotatable bonds is 5. The van der Waals surface area contributed by atoms with Crippen LogP contribution in [0.2, 0.25) is 0 Å². The van der Waals surface area contributed by atoms with E-state index in [9.17, 15) is 22.4 Å². The molecule has 7 nitrogen and oxygen atoms in total. The number of benzene rings is 2. The average Bonchev–Trinajstić information content (AvgIpc) is 3.42. The third-order valence-electron chi connectivity index (χ3n) is 6.27. The molecule has 3 N–H and O–H groups in total. The van der Waals surface area contributed by atoms with Crippen molar-refractivity contribution in [2.75, 3.05) is 18.2 Å². The van der Waals surface area contributed by atoms with Gasteiger partial charge in [0, 0.05) is 23.0 Å². The summed E-state index contributed by atoms with van der Waals surface area (Å²) >= 11 is 0. The number of aryl methyl sites for hydroxylation is 1. The zero-order valence-electron chi connectivity index (χ0n) is 19.1. The minimum atomic E-state index is -4.66. The normalized spacial score (nSPS) is 13.1. The number of carbonyl (C=O) groups excluding carboxylic acids is 1. The second-order valence-electron chi connectivity index (χ2n) is 8.48. The highest BCUT2D eigenvalue weighted by atomic mass is 19.4. The number of hydrogen-bond donors (Lipinski definition) is 2. The second kappa shape index (κ2) is 8.81. The Hall–Kier alpha value is -4.15. The number of fused-ring (bicyclic) bond motifs is 3. The molecule has 0 bridgehead atoms. The van der Waals surface area contributed by atoms with E-state index in [0.717, 1.165) is 41.7 Å². The molecule has 0 saturated carbocycles. The van der Waals surface area contributed by atoms with Crippen LogP contribution in [0.25, 0.3) is 16.7 Å². The fourth-order valence-corrected chi connectivity index (χ4v) is 4.67. The highest BCUT2D eigenvalue weighted by Gasteiger charge is 2.31. The summed E-state index contributed by atoms with van der Waals surface area (Å²) in [5.74, 6) is -0.924. The van der Waals surface area contributed by atoms with Gasteiger partial charge < -0.3 is 20.4 Å². The van der Waals surface area contributed by atoms with Crippen molar-refractivity contribution < 1.29 is 27.1 Å². The molecule has 0 aliphatic heterocycles. The van der Waals surface area contributed by atoms with Crippen LogP contribution >= 0.6 is 0 Å². The zero-order chi connectivity index (χ0) is 25.6. The first kappa shape index (κ1) is 23.6. The first-order valence-electron chi connectivity index (χ1n) is 11.1. The molecule has 36 heavy (non-hydrogen) atoms. The number of alkyl halides is 3. The molecule has 11 heteroatoms. The third-order valence-corrected chi connectivity index (χ3v) is 6.27. The van der Waals surface area contributed by atoms with Gasteiger partial charge in [0.2, 0.25) is 5.91 Å². The lowest BCUT2D eigenvalue weighted by molar-refractivity contribution is -0.137. The van der Waals surface area contributed by atoms with Crippen molar-refractivity contribution in [2.45, 2.75) is 31.9 Å². The topological polar surface area (TPSA) is 95.1 Å². The van der Waals surface area contributed by atoms with Crippen molar-refractivity contribution >= 4 is 28.4 Å². The Kier molecular flexibility index (Phi) is 5.77. The number of anilines is 2. The second-order valence-corrected chi connectivity index (χ2v) is 8.48. The maximum Gasteiger partial charge on any atom is 0.416 e. The molecule has 0 atom stereocenters. The van der Waals surface area contributed by atoms with Crippen LogP contribution in [0.3, 0.4) is 0 Å². The molecule has 1 aliphatic carbocycles. The van der Waals surface area contributed by atoms with Gasteiger partial charge in [-0.15, -0.1) is 0 Å². The number of nitrogens with two attached hydrogens (primary N) is 1. The minimum absolute atomic E-state index is 0.241. The van der Waals surface area contributed by atoms with Gasteiger partial charge in [-0.2, -0.15) is 13.2 Å². The number of nitrogens with zero attached hydrogens (tertiary/aromatic N) is 3. The molecule has 0 spiro atoms. The van der Waals surface area contributed by atoms with Gasteiger partial charge in [-0.25, -0.2) is 14.4 Å². The molecule has 2 heterocycles. The van der Waals surface area contributed by atoms with Crippen LogP contribution in [0.4, 0.5) is 29.1 Å². The van der Waals surface area contributed by atoms with Crippen molar-refractivity contribution in [3.63, 3.8) is 0 Å². The van der Waals surface area contributed by atoms with Gasteiger partial charge in [0.05, 0.1) is 30.3 Å². The molecule has 1 aliphatic rings. The van der Waals surface area contributed by atoms with Gasteiger partial charge in [0.25, 0.3) is 0 Å². The summed E-state index contributed by atoms with van der Waals surface area (Å²) in [5, 5.41) is 2.22. The van der Waals surface area contributed by atoms with Crippen molar-refractivity contribution in [1.29, 1.82) is 0 Å². The van der Waals surface area contributed by atoms with E-state index < -0.39 is 29.2 Å². The Bertz CT molecular complexity index is 1500. The van der Waals surface area contributed by atoms with Crippen LogP contribution in [0, 0.1) is 5.82 Å². The molecule has 4 aromatic rings. The standard InChI is InChI=1S/C25H21F4N5O2/c1-36-20-11-15(34-19-4-2-3-16(19)22-23(34)24(30)32-12-31-22)7-5-13(20)9-21(35)33-18-10-14(25(27,28)29)6-8-17(18)26/h5-8,10-12H,2-4,9H2,1H3,(H,33,35)(H2,30,31,32). The number of halogens is 4. The summed E-state index contributed by atoms with van der Waals surface area (Å²) < 4.78 is 60.5. The van der Waals surface area contributed by atoms with Gasteiger partial charge >= 0.3 is 6.18 Å². The van der Waals surface area contributed by atoms with Gasteiger partial charge in [0.15, 0.2) is 5.82 Å². The molecular formula is C25H21F4N5O2. The molecule has 0 radical (unpaired) electrons. The van der Waals surface area contributed by atoms with Crippen LogP contribution in [0.15, 0.2) is 42.7 Å². The summed E-state index contributed by atoms with van der Waals surface area (Å²) in [4.78, 5) is 21.2.